The van der Waals surface area contributed by atoms with Crippen LogP contribution in [0.1, 0.15) is 43.0 Å². The van der Waals surface area contributed by atoms with Gasteiger partial charge in [0.15, 0.2) is 5.78 Å². The number of allylic oxidation sites excluding steroid dienone is 2. The molecular formula is C24H30N6O2. The third-order valence-corrected chi connectivity index (χ3v) is 5.79. The summed E-state index contributed by atoms with van der Waals surface area (Å²) in [6.07, 6.45) is 6.76. The number of carbonyl (C=O) groups excluding carboxylic acids is 2. The van der Waals surface area contributed by atoms with Gasteiger partial charge in [0.05, 0.1) is 11.4 Å². The van der Waals surface area contributed by atoms with E-state index in [1.54, 1.807) is 6.20 Å². The van der Waals surface area contributed by atoms with E-state index in [9.17, 15) is 9.59 Å². The zero-order chi connectivity index (χ0) is 23.1. The van der Waals surface area contributed by atoms with Gasteiger partial charge in [-0.05, 0) is 31.4 Å². The van der Waals surface area contributed by atoms with Crippen LogP contribution in [0.3, 0.4) is 0 Å². The Morgan fingerprint density at radius 1 is 1.19 bits per heavy atom. The van der Waals surface area contributed by atoms with Crippen LogP contribution in [0.2, 0.25) is 0 Å². The third kappa shape index (κ3) is 5.32. The van der Waals surface area contributed by atoms with Gasteiger partial charge in [0, 0.05) is 42.1 Å². The van der Waals surface area contributed by atoms with Crippen LogP contribution in [-0.2, 0) is 4.79 Å². The summed E-state index contributed by atoms with van der Waals surface area (Å²) in [5.41, 5.74) is 14.6. The molecule has 0 aliphatic heterocycles. The molecule has 1 aliphatic rings. The lowest BCUT2D eigenvalue weighted by Crippen LogP contribution is -2.35. The summed E-state index contributed by atoms with van der Waals surface area (Å²) in [6.45, 7) is 6.57. The molecule has 0 spiro atoms. The van der Waals surface area contributed by atoms with Gasteiger partial charge in [-0.25, -0.2) is 0 Å². The largest absolute Gasteiger partial charge is 0.393 e. The van der Waals surface area contributed by atoms with Crippen molar-refractivity contribution in [2.45, 2.75) is 32.6 Å². The summed E-state index contributed by atoms with van der Waals surface area (Å²) < 4.78 is 0. The van der Waals surface area contributed by atoms with Crippen molar-refractivity contribution in [2.75, 3.05) is 6.54 Å². The molecule has 1 aromatic carbocycles. The molecule has 1 saturated carbocycles. The number of aromatic nitrogens is 2. The van der Waals surface area contributed by atoms with Crippen LogP contribution >= 0.6 is 0 Å². The Hall–Kier alpha value is -3.68. The maximum absolute atomic E-state index is 13.4. The number of primary amides is 1. The highest BCUT2D eigenvalue weighted by Gasteiger charge is 2.33. The fraction of sp³-hybridized carbons (Fsp3) is 0.333. The van der Waals surface area contributed by atoms with E-state index in [1.165, 1.54) is 6.21 Å². The normalized spacial score (nSPS) is 19.4. The molecule has 1 heterocycles. The molecular weight excluding hydrogens is 404 g/mol. The first-order valence-electron chi connectivity index (χ1n) is 10.8. The monoisotopic (exact) mass is 434 g/mol. The average Bonchev–Trinajstić information content (AvgIpc) is 3.35. The molecule has 1 aliphatic carbocycles. The van der Waals surface area contributed by atoms with Gasteiger partial charge in [-0.1, -0.05) is 43.7 Å². The number of carbonyl (C=O) groups is 2. The molecule has 1 amide bonds. The van der Waals surface area contributed by atoms with E-state index in [1.807, 2.05) is 37.3 Å². The summed E-state index contributed by atoms with van der Waals surface area (Å²) in [7, 11) is 0. The number of hydrogen-bond acceptors (Lipinski definition) is 6. The molecule has 8 heteroatoms. The van der Waals surface area contributed by atoms with Gasteiger partial charge in [0.1, 0.15) is 5.70 Å². The fourth-order valence-electron chi connectivity index (χ4n) is 4.06. The van der Waals surface area contributed by atoms with E-state index in [-0.39, 0.29) is 23.3 Å². The Morgan fingerprint density at radius 3 is 2.47 bits per heavy atom. The topological polar surface area (TPSA) is 139 Å². The molecule has 168 valence electrons. The van der Waals surface area contributed by atoms with Crippen molar-refractivity contribution in [1.82, 2.24) is 15.5 Å². The number of hydrogen-bond donors (Lipinski definition) is 4. The Kier molecular flexibility index (Phi) is 7.59. The van der Waals surface area contributed by atoms with E-state index in [0.29, 0.717) is 23.5 Å². The molecule has 1 fully saturated rings. The fourth-order valence-corrected chi connectivity index (χ4v) is 4.06. The van der Waals surface area contributed by atoms with Crippen LogP contribution in [0.4, 0.5) is 0 Å². The van der Waals surface area contributed by atoms with Crippen molar-refractivity contribution in [3.63, 3.8) is 0 Å². The summed E-state index contributed by atoms with van der Waals surface area (Å²) in [4.78, 5) is 29.1. The van der Waals surface area contributed by atoms with Crippen LogP contribution in [0, 0.1) is 11.8 Å². The Labute approximate surface area is 187 Å². The summed E-state index contributed by atoms with van der Waals surface area (Å²) in [5, 5.41) is 10.0. The number of H-pyrrole nitrogens is 1. The van der Waals surface area contributed by atoms with Crippen LogP contribution in [0.15, 0.2) is 65.2 Å². The molecule has 8 nitrogen and oxygen atoms in total. The Morgan fingerprint density at radius 2 is 1.88 bits per heavy atom. The number of aromatic amines is 1. The summed E-state index contributed by atoms with van der Waals surface area (Å²) in [6, 6.07) is 9.42. The van der Waals surface area contributed by atoms with Crippen LogP contribution in [-0.4, -0.2) is 34.6 Å². The van der Waals surface area contributed by atoms with Gasteiger partial charge < -0.3 is 16.8 Å². The molecule has 2 aromatic rings. The third-order valence-electron chi connectivity index (χ3n) is 5.79. The standard InChI is InChI=1S/C24H30N6O2/c1-3-27-14-21(22(25)24(26)32)29-15(2)18-6-4-5-7-19(18)23(31)17-10-8-16(9-11-17)20-12-13-28-30-20/h8-14,18-19,29H,2-7,25H2,1H3,(H2,26,32)(H,28,30). The smallest absolute Gasteiger partial charge is 0.266 e. The van der Waals surface area contributed by atoms with Crippen LogP contribution in [0.5, 0.6) is 0 Å². The van der Waals surface area contributed by atoms with Gasteiger partial charge >= 0.3 is 0 Å². The number of aliphatic imine (C=N–C) groups is 1. The minimum Gasteiger partial charge on any atom is -0.393 e. The van der Waals surface area contributed by atoms with Gasteiger partial charge in [0.25, 0.3) is 5.91 Å². The lowest BCUT2D eigenvalue weighted by Gasteiger charge is -2.32. The number of rotatable bonds is 9. The van der Waals surface area contributed by atoms with E-state index in [2.05, 4.69) is 27.1 Å². The molecule has 0 radical (unpaired) electrons. The quantitative estimate of drug-likeness (QED) is 0.273. The minimum atomic E-state index is -0.739. The molecule has 0 saturated heterocycles. The van der Waals surface area contributed by atoms with Crippen molar-refractivity contribution < 1.29 is 9.59 Å². The number of benzene rings is 1. The predicted molar refractivity (Wildman–Crippen MR) is 126 cm³/mol. The second-order valence-corrected chi connectivity index (χ2v) is 7.88. The average molecular weight is 435 g/mol. The number of nitrogens with one attached hydrogen (secondary N) is 2. The van der Waals surface area contributed by atoms with Gasteiger partial charge in [0.2, 0.25) is 0 Å². The molecule has 6 N–H and O–H groups in total. The van der Waals surface area contributed by atoms with E-state index >= 15 is 0 Å². The molecule has 1 aromatic heterocycles. The first-order chi connectivity index (χ1) is 15.4. The van der Waals surface area contributed by atoms with Crippen molar-refractivity contribution in [3.8, 4) is 11.3 Å². The number of amides is 1. The predicted octanol–water partition coefficient (Wildman–Crippen LogP) is 2.92. The van der Waals surface area contributed by atoms with Crippen molar-refractivity contribution in [2.24, 2.45) is 28.3 Å². The molecule has 0 bridgehead atoms. The van der Waals surface area contributed by atoms with E-state index < -0.39 is 5.91 Å². The van der Waals surface area contributed by atoms with Gasteiger partial charge in [-0.3, -0.25) is 19.7 Å². The summed E-state index contributed by atoms with van der Waals surface area (Å²) in [5.74, 6) is -0.948. The number of ketones is 1. The van der Waals surface area contributed by atoms with Crippen LogP contribution in [0.25, 0.3) is 11.3 Å². The van der Waals surface area contributed by atoms with Crippen molar-refractivity contribution >= 4 is 17.9 Å². The number of Topliss-reactive ketones (excluding diaryl/α,β-unsaturated/α-hetero) is 1. The second kappa shape index (κ2) is 10.6. The highest BCUT2D eigenvalue weighted by atomic mass is 16.1. The van der Waals surface area contributed by atoms with Gasteiger partial charge in [-0.15, -0.1) is 0 Å². The zero-order valence-corrected chi connectivity index (χ0v) is 18.3. The Bertz CT molecular complexity index is 1020. The van der Waals surface area contributed by atoms with Gasteiger partial charge in [-0.2, -0.15) is 5.10 Å². The lowest BCUT2D eigenvalue weighted by atomic mass is 9.74. The molecule has 32 heavy (non-hydrogen) atoms. The second-order valence-electron chi connectivity index (χ2n) is 7.88. The SMILES string of the molecule is C=C(NC(C=NCC)=C(N)C(N)=O)C1CCCCC1C(=O)c1ccc(-c2ccn[nH]2)cc1. The van der Waals surface area contributed by atoms with E-state index in [0.717, 1.165) is 36.9 Å². The number of nitrogens with two attached hydrogens (primary N) is 2. The summed E-state index contributed by atoms with van der Waals surface area (Å²) >= 11 is 0. The lowest BCUT2D eigenvalue weighted by molar-refractivity contribution is -0.114. The number of nitrogens with zero attached hydrogens (tertiary/aromatic N) is 2. The Balaban J connectivity index is 1.79. The zero-order valence-electron chi connectivity index (χ0n) is 18.3. The van der Waals surface area contributed by atoms with Crippen molar-refractivity contribution in [1.29, 1.82) is 0 Å². The highest BCUT2D eigenvalue weighted by molar-refractivity contribution is 5.99. The van der Waals surface area contributed by atoms with E-state index in [4.69, 9.17) is 11.5 Å². The maximum Gasteiger partial charge on any atom is 0.266 e. The molecule has 3 rings (SSSR count). The van der Waals surface area contributed by atoms with Crippen molar-refractivity contribution in [3.05, 3.63) is 65.8 Å². The first-order valence-corrected chi connectivity index (χ1v) is 10.8. The molecule has 2 atom stereocenters. The minimum absolute atomic E-state index is 0.0874. The van der Waals surface area contributed by atoms with Crippen LogP contribution < -0.4 is 16.8 Å². The highest BCUT2D eigenvalue weighted by Crippen LogP contribution is 2.36. The first kappa shape index (κ1) is 23.0. The maximum atomic E-state index is 13.4. The molecule has 2 unspecified atom stereocenters.